The molecule has 0 aliphatic rings. The summed E-state index contributed by atoms with van der Waals surface area (Å²) < 4.78 is 31.3. The number of aromatic nitrogens is 1. The van der Waals surface area contributed by atoms with E-state index >= 15 is 0 Å². The molecule has 1 aromatic heterocycles. The maximum absolute atomic E-state index is 13.2. The second-order valence-electron chi connectivity index (χ2n) is 7.82. The molecule has 8 heteroatoms. The number of anilines is 1. The predicted octanol–water partition coefficient (Wildman–Crippen LogP) is 5.27. The minimum atomic E-state index is -3.84. The molecule has 0 unspecified atom stereocenters. The molecule has 0 aliphatic carbocycles. The van der Waals surface area contributed by atoms with Gasteiger partial charge in [0.2, 0.25) is 0 Å². The third-order valence-corrected chi connectivity index (χ3v) is 7.82. The van der Waals surface area contributed by atoms with Crippen LogP contribution in [0, 0.1) is 13.8 Å². The van der Waals surface area contributed by atoms with Crippen LogP contribution in [0.3, 0.4) is 0 Å². The maximum atomic E-state index is 13.2. The Hall–Kier alpha value is -3.23. The summed E-state index contributed by atoms with van der Waals surface area (Å²) in [6.45, 7) is 6.95. The van der Waals surface area contributed by atoms with Crippen molar-refractivity contribution in [3.8, 4) is 0 Å². The Bertz CT molecular complexity index is 1500. The summed E-state index contributed by atoms with van der Waals surface area (Å²) in [5.41, 5.74) is 3.82. The van der Waals surface area contributed by atoms with Gasteiger partial charge in [-0.2, -0.15) is 4.99 Å². The summed E-state index contributed by atoms with van der Waals surface area (Å²) in [6.07, 6.45) is 0.896. The Morgan fingerprint density at radius 1 is 1.00 bits per heavy atom. The van der Waals surface area contributed by atoms with Crippen LogP contribution in [0.25, 0.3) is 10.2 Å². The molecular weight excluding hydrogens is 454 g/mol. The van der Waals surface area contributed by atoms with E-state index in [1.807, 2.05) is 0 Å². The molecule has 170 valence electrons. The monoisotopic (exact) mass is 479 g/mol. The van der Waals surface area contributed by atoms with Gasteiger partial charge in [0.1, 0.15) is 0 Å². The van der Waals surface area contributed by atoms with E-state index in [1.165, 1.54) is 34.6 Å². The minimum Gasteiger partial charge on any atom is -0.316 e. The highest BCUT2D eigenvalue weighted by Gasteiger charge is 2.18. The van der Waals surface area contributed by atoms with Crippen LogP contribution in [0.2, 0.25) is 0 Å². The second-order valence-corrected chi connectivity index (χ2v) is 10.5. The van der Waals surface area contributed by atoms with E-state index in [-0.39, 0.29) is 16.1 Å². The van der Waals surface area contributed by atoms with Crippen molar-refractivity contribution in [3.63, 3.8) is 0 Å². The third-order valence-electron chi connectivity index (χ3n) is 5.40. The lowest BCUT2D eigenvalue weighted by atomic mass is 10.1. The zero-order valence-electron chi connectivity index (χ0n) is 18.7. The first-order chi connectivity index (χ1) is 15.8. The Balaban J connectivity index is 1.77. The number of nitrogens with zero attached hydrogens (tertiary/aromatic N) is 2. The molecule has 4 rings (SSSR count). The van der Waals surface area contributed by atoms with Crippen LogP contribution in [0.15, 0.2) is 76.6 Å². The molecule has 1 heterocycles. The molecule has 0 radical (unpaired) electrons. The summed E-state index contributed by atoms with van der Waals surface area (Å²) in [4.78, 5) is 18.4. The first-order valence-electron chi connectivity index (χ1n) is 10.7. The summed E-state index contributed by atoms with van der Waals surface area (Å²) in [5, 5.41) is 0. The van der Waals surface area contributed by atoms with Crippen molar-refractivity contribution in [3.05, 3.63) is 88.2 Å². The smallest absolute Gasteiger partial charge is 0.281 e. The number of amides is 1. The molecule has 0 bridgehead atoms. The van der Waals surface area contributed by atoms with Gasteiger partial charge in [0.15, 0.2) is 4.80 Å². The lowest BCUT2D eigenvalue weighted by Crippen LogP contribution is -2.18. The molecular formula is C25H25N3O3S2. The van der Waals surface area contributed by atoms with Crippen LogP contribution in [0.5, 0.6) is 0 Å². The van der Waals surface area contributed by atoms with Crippen molar-refractivity contribution in [2.45, 2.75) is 38.6 Å². The van der Waals surface area contributed by atoms with Gasteiger partial charge in [-0.1, -0.05) is 48.6 Å². The number of hydrogen-bond acceptors (Lipinski definition) is 4. The van der Waals surface area contributed by atoms with Crippen LogP contribution in [0.4, 0.5) is 5.69 Å². The van der Waals surface area contributed by atoms with Crippen molar-refractivity contribution >= 4 is 43.2 Å². The van der Waals surface area contributed by atoms with Crippen molar-refractivity contribution < 1.29 is 13.2 Å². The number of aryl methyl sites for hydroxylation is 3. The number of rotatable bonds is 6. The average Bonchev–Trinajstić information content (AvgIpc) is 3.11. The van der Waals surface area contributed by atoms with E-state index in [9.17, 15) is 13.2 Å². The van der Waals surface area contributed by atoms with Crippen molar-refractivity contribution in [1.82, 2.24) is 4.57 Å². The number of para-hydroxylation sites is 1. The average molecular weight is 480 g/mol. The molecule has 0 aliphatic heterocycles. The Morgan fingerprint density at radius 3 is 2.39 bits per heavy atom. The van der Waals surface area contributed by atoms with E-state index in [1.54, 1.807) is 42.5 Å². The fraction of sp³-hybridized carbons (Fsp3) is 0.200. The largest absolute Gasteiger partial charge is 0.316 e. The topological polar surface area (TPSA) is 80.5 Å². The van der Waals surface area contributed by atoms with E-state index < -0.39 is 15.9 Å². The van der Waals surface area contributed by atoms with E-state index in [0.717, 1.165) is 23.2 Å². The molecule has 0 atom stereocenters. The lowest BCUT2D eigenvalue weighted by Gasteiger charge is -2.11. The summed E-state index contributed by atoms with van der Waals surface area (Å²) in [7, 11) is -3.84. The number of carbonyl (C=O) groups excluding carboxylic acids is 1. The van der Waals surface area contributed by atoms with Gasteiger partial charge < -0.3 is 4.57 Å². The number of sulfonamides is 1. The standard InChI is InChI=1S/C25H25N3O3S2/c1-4-14-28-22-15-17(2)18(3)16-23(22)32-25(28)26-24(29)20-12-8-9-13-21(20)27-33(30,31)19-10-6-5-7-11-19/h5-13,15-16,27H,4,14H2,1-3H3. The zero-order valence-corrected chi connectivity index (χ0v) is 20.3. The minimum absolute atomic E-state index is 0.125. The molecule has 0 saturated carbocycles. The van der Waals surface area contributed by atoms with Crippen LogP contribution in [-0.2, 0) is 16.6 Å². The highest BCUT2D eigenvalue weighted by atomic mass is 32.2. The number of fused-ring (bicyclic) bond motifs is 1. The lowest BCUT2D eigenvalue weighted by molar-refractivity contribution is 0.0998. The zero-order chi connectivity index (χ0) is 23.6. The van der Waals surface area contributed by atoms with Gasteiger partial charge in [0.25, 0.3) is 15.9 Å². The number of thiazole rings is 1. The van der Waals surface area contributed by atoms with Gasteiger partial charge in [-0.05, 0) is 67.8 Å². The second kappa shape index (κ2) is 9.33. The number of nitrogens with one attached hydrogen (secondary N) is 1. The number of hydrogen-bond donors (Lipinski definition) is 1. The Kier molecular flexibility index (Phi) is 6.49. The summed E-state index contributed by atoms with van der Waals surface area (Å²) in [5.74, 6) is -0.494. The van der Waals surface area contributed by atoms with Gasteiger partial charge in [-0.25, -0.2) is 8.42 Å². The predicted molar refractivity (Wildman–Crippen MR) is 133 cm³/mol. The van der Waals surface area contributed by atoms with Crippen LogP contribution in [-0.4, -0.2) is 18.9 Å². The van der Waals surface area contributed by atoms with Crippen molar-refractivity contribution in [2.24, 2.45) is 4.99 Å². The number of benzene rings is 3. The van der Waals surface area contributed by atoms with Gasteiger partial charge in [-0.3, -0.25) is 9.52 Å². The fourth-order valence-corrected chi connectivity index (χ4v) is 5.79. The molecule has 33 heavy (non-hydrogen) atoms. The van der Waals surface area contributed by atoms with Crippen molar-refractivity contribution in [1.29, 1.82) is 0 Å². The normalized spacial score (nSPS) is 12.3. The SMILES string of the molecule is CCCn1c(=NC(=O)c2ccccc2NS(=O)(=O)c2ccccc2)sc2cc(C)c(C)cc21. The van der Waals surface area contributed by atoms with Gasteiger partial charge >= 0.3 is 0 Å². The van der Waals surface area contributed by atoms with E-state index in [4.69, 9.17) is 0 Å². The van der Waals surface area contributed by atoms with Crippen LogP contribution in [0.1, 0.15) is 34.8 Å². The third kappa shape index (κ3) is 4.77. The number of carbonyl (C=O) groups is 1. The van der Waals surface area contributed by atoms with E-state index in [2.05, 4.69) is 47.2 Å². The molecule has 1 N–H and O–H groups in total. The molecule has 1 amide bonds. The molecule has 4 aromatic rings. The van der Waals surface area contributed by atoms with Gasteiger partial charge in [-0.15, -0.1) is 0 Å². The molecule has 3 aromatic carbocycles. The molecule has 0 fully saturated rings. The Labute approximate surface area is 197 Å². The molecule has 0 saturated heterocycles. The highest BCUT2D eigenvalue weighted by molar-refractivity contribution is 7.92. The highest BCUT2D eigenvalue weighted by Crippen LogP contribution is 2.24. The van der Waals surface area contributed by atoms with Crippen LogP contribution >= 0.6 is 11.3 Å². The Morgan fingerprint density at radius 2 is 1.67 bits per heavy atom. The maximum Gasteiger partial charge on any atom is 0.281 e. The van der Waals surface area contributed by atoms with Crippen molar-refractivity contribution in [2.75, 3.05) is 4.72 Å². The van der Waals surface area contributed by atoms with Crippen LogP contribution < -0.4 is 9.52 Å². The van der Waals surface area contributed by atoms with E-state index in [0.29, 0.717) is 4.80 Å². The molecule has 6 nitrogen and oxygen atoms in total. The van der Waals surface area contributed by atoms with Gasteiger partial charge in [0, 0.05) is 6.54 Å². The first-order valence-corrected chi connectivity index (χ1v) is 13.0. The fourth-order valence-electron chi connectivity index (χ4n) is 3.56. The first kappa shape index (κ1) is 22.9. The summed E-state index contributed by atoms with van der Waals surface area (Å²) in [6, 6.07) is 18.8. The molecule has 0 spiro atoms. The summed E-state index contributed by atoms with van der Waals surface area (Å²) >= 11 is 1.46. The van der Waals surface area contributed by atoms with Gasteiger partial charge in [0.05, 0.1) is 26.4 Å². The quantitative estimate of drug-likeness (QED) is 0.409.